The zero-order valence-electron chi connectivity index (χ0n) is 11.2. The van der Waals surface area contributed by atoms with Crippen molar-refractivity contribution in [2.24, 2.45) is 7.05 Å². The number of nitrogens with one attached hydrogen (secondary N) is 1. The van der Waals surface area contributed by atoms with Crippen LogP contribution in [0.2, 0.25) is 0 Å². The molecule has 1 unspecified atom stereocenters. The van der Waals surface area contributed by atoms with Gasteiger partial charge in [0.2, 0.25) is 5.95 Å². The van der Waals surface area contributed by atoms with E-state index in [1.807, 2.05) is 5.38 Å². The van der Waals surface area contributed by atoms with Crippen molar-refractivity contribution in [1.29, 1.82) is 0 Å². The van der Waals surface area contributed by atoms with Crippen molar-refractivity contribution >= 4 is 29.3 Å². The minimum Gasteiger partial charge on any atom is -0.479 e. The first kappa shape index (κ1) is 13.6. The Hall–Kier alpha value is -2.42. The van der Waals surface area contributed by atoms with Crippen LogP contribution in [-0.2, 0) is 18.3 Å². The minimum atomic E-state index is -1.04. The molecule has 0 saturated heterocycles. The smallest absolute Gasteiger partial charge is 0.331 e. The van der Waals surface area contributed by atoms with Crippen molar-refractivity contribution < 1.29 is 14.7 Å². The Labute approximate surface area is 124 Å². The molecule has 0 bridgehead atoms. The van der Waals surface area contributed by atoms with Gasteiger partial charge in [-0.25, -0.2) is 14.3 Å². The third-order valence-corrected chi connectivity index (χ3v) is 4.39. The number of amides is 2. The molecule has 2 amide bonds. The summed E-state index contributed by atoms with van der Waals surface area (Å²) in [5.74, 6) is -0.761. The Morgan fingerprint density at radius 3 is 3.00 bits per heavy atom. The molecular formula is C12H13N5O3S. The van der Waals surface area contributed by atoms with Crippen LogP contribution in [0.15, 0.2) is 17.8 Å². The van der Waals surface area contributed by atoms with Gasteiger partial charge in [-0.3, -0.25) is 5.32 Å². The number of carboxylic acids is 1. The molecule has 0 saturated carbocycles. The van der Waals surface area contributed by atoms with E-state index in [2.05, 4.69) is 15.4 Å². The van der Waals surface area contributed by atoms with Gasteiger partial charge in [0.1, 0.15) is 6.33 Å². The van der Waals surface area contributed by atoms with Crippen LogP contribution in [-0.4, -0.2) is 43.3 Å². The van der Waals surface area contributed by atoms with Crippen molar-refractivity contribution in [3.8, 4) is 0 Å². The zero-order chi connectivity index (χ0) is 15.0. The van der Waals surface area contributed by atoms with Crippen LogP contribution in [0.3, 0.4) is 0 Å². The van der Waals surface area contributed by atoms with Crippen LogP contribution in [0.4, 0.5) is 10.7 Å². The van der Waals surface area contributed by atoms with Gasteiger partial charge in [0.15, 0.2) is 6.04 Å². The molecule has 8 nitrogen and oxygen atoms in total. The SMILES string of the molecule is Cn1ncnc1NC(=O)N1CCc2sccc2C1C(=O)O. The number of carbonyl (C=O) groups excluding carboxylic acids is 1. The Balaban J connectivity index is 1.86. The standard InChI is InChI=1S/C12H13N5O3S/c1-16-11(13-6-14-16)15-12(20)17-4-2-8-7(3-5-21-8)9(17)10(18)19/h3,5-6,9H,2,4H2,1H3,(H,18,19)(H,13,14,15,20). The lowest BCUT2D eigenvalue weighted by atomic mass is 10.0. The number of aryl methyl sites for hydroxylation is 1. The lowest BCUT2D eigenvalue weighted by Gasteiger charge is -2.32. The van der Waals surface area contributed by atoms with E-state index in [0.29, 0.717) is 18.5 Å². The molecule has 2 aromatic heterocycles. The van der Waals surface area contributed by atoms with Gasteiger partial charge in [0.25, 0.3) is 0 Å². The largest absolute Gasteiger partial charge is 0.479 e. The van der Waals surface area contributed by atoms with Gasteiger partial charge in [-0.2, -0.15) is 10.1 Å². The summed E-state index contributed by atoms with van der Waals surface area (Å²) >= 11 is 1.52. The summed E-state index contributed by atoms with van der Waals surface area (Å²) in [6, 6.07) is 0.309. The quantitative estimate of drug-likeness (QED) is 0.865. The average molecular weight is 307 g/mol. The number of anilines is 1. The Bertz CT molecular complexity index is 695. The molecule has 1 aliphatic heterocycles. The summed E-state index contributed by atoms with van der Waals surface area (Å²) in [5, 5.41) is 17.7. The molecule has 3 rings (SSSR count). The fourth-order valence-electron chi connectivity index (χ4n) is 2.38. The van der Waals surface area contributed by atoms with Crippen molar-refractivity contribution in [1.82, 2.24) is 19.7 Å². The Kier molecular flexibility index (Phi) is 3.34. The van der Waals surface area contributed by atoms with E-state index in [0.717, 1.165) is 4.88 Å². The molecule has 0 fully saturated rings. The first-order valence-electron chi connectivity index (χ1n) is 6.28. The van der Waals surface area contributed by atoms with Gasteiger partial charge in [-0.1, -0.05) is 0 Å². The molecule has 1 atom stereocenters. The minimum absolute atomic E-state index is 0.278. The van der Waals surface area contributed by atoms with Crippen molar-refractivity contribution in [2.45, 2.75) is 12.5 Å². The summed E-state index contributed by atoms with van der Waals surface area (Å²) in [6.45, 7) is 0.355. The number of urea groups is 1. The van der Waals surface area contributed by atoms with E-state index in [4.69, 9.17) is 0 Å². The topological polar surface area (TPSA) is 100 Å². The van der Waals surface area contributed by atoms with Crippen LogP contribution in [0, 0.1) is 0 Å². The molecule has 0 radical (unpaired) electrons. The second kappa shape index (κ2) is 5.17. The maximum atomic E-state index is 12.3. The van der Waals surface area contributed by atoms with Crippen LogP contribution in [0.25, 0.3) is 0 Å². The summed E-state index contributed by atoms with van der Waals surface area (Å²) < 4.78 is 1.41. The van der Waals surface area contributed by atoms with Crippen LogP contribution < -0.4 is 5.32 Å². The molecule has 1 aliphatic rings. The number of hydrogen-bond donors (Lipinski definition) is 2. The number of fused-ring (bicyclic) bond motifs is 1. The van der Waals surface area contributed by atoms with Crippen molar-refractivity contribution in [3.05, 3.63) is 28.2 Å². The monoisotopic (exact) mass is 307 g/mol. The number of rotatable bonds is 2. The second-order valence-corrected chi connectivity index (χ2v) is 5.62. The highest BCUT2D eigenvalue weighted by molar-refractivity contribution is 7.10. The number of nitrogens with zero attached hydrogens (tertiary/aromatic N) is 4. The lowest BCUT2D eigenvalue weighted by molar-refractivity contribution is -0.142. The summed E-state index contributed by atoms with van der Waals surface area (Å²) in [6.07, 6.45) is 1.97. The van der Waals surface area contributed by atoms with Crippen LogP contribution >= 0.6 is 11.3 Å². The summed E-state index contributed by atoms with van der Waals surface area (Å²) in [4.78, 5) is 30.1. The molecule has 9 heteroatoms. The predicted octanol–water partition coefficient (Wildman–Crippen LogP) is 1.09. The second-order valence-electron chi connectivity index (χ2n) is 4.62. The molecule has 3 heterocycles. The highest BCUT2D eigenvalue weighted by Gasteiger charge is 2.36. The number of hydrogen-bond acceptors (Lipinski definition) is 5. The third-order valence-electron chi connectivity index (χ3n) is 3.39. The summed E-state index contributed by atoms with van der Waals surface area (Å²) in [5.41, 5.74) is 0.687. The predicted molar refractivity (Wildman–Crippen MR) is 75.1 cm³/mol. The van der Waals surface area contributed by atoms with E-state index in [9.17, 15) is 14.7 Å². The molecule has 0 aromatic carbocycles. The van der Waals surface area contributed by atoms with Gasteiger partial charge < -0.3 is 10.0 Å². The van der Waals surface area contributed by atoms with Crippen LogP contribution in [0.1, 0.15) is 16.5 Å². The third kappa shape index (κ3) is 2.35. The molecule has 0 aliphatic carbocycles. The van der Waals surface area contributed by atoms with Gasteiger partial charge in [-0.15, -0.1) is 11.3 Å². The lowest BCUT2D eigenvalue weighted by Crippen LogP contribution is -2.45. The van der Waals surface area contributed by atoms with Gasteiger partial charge >= 0.3 is 12.0 Å². The Morgan fingerprint density at radius 2 is 2.33 bits per heavy atom. The molecule has 0 spiro atoms. The number of aliphatic carboxylic acids is 1. The van der Waals surface area contributed by atoms with E-state index in [-0.39, 0.29) is 5.95 Å². The average Bonchev–Trinajstić information content (AvgIpc) is 3.06. The fraction of sp³-hybridized carbons (Fsp3) is 0.333. The van der Waals surface area contributed by atoms with Crippen molar-refractivity contribution in [3.63, 3.8) is 0 Å². The first-order chi connectivity index (χ1) is 10.1. The van der Waals surface area contributed by atoms with E-state index < -0.39 is 18.0 Å². The highest BCUT2D eigenvalue weighted by Crippen LogP contribution is 2.33. The van der Waals surface area contributed by atoms with E-state index >= 15 is 0 Å². The molecule has 110 valence electrons. The number of carbonyl (C=O) groups is 2. The molecule has 2 N–H and O–H groups in total. The van der Waals surface area contributed by atoms with E-state index in [1.165, 1.54) is 27.2 Å². The maximum absolute atomic E-state index is 12.3. The number of thiophene rings is 1. The molecular weight excluding hydrogens is 294 g/mol. The van der Waals surface area contributed by atoms with Gasteiger partial charge in [0, 0.05) is 18.5 Å². The van der Waals surface area contributed by atoms with Gasteiger partial charge in [-0.05, 0) is 23.4 Å². The zero-order valence-corrected chi connectivity index (χ0v) is 12.0. The van der Waals surface area contributed by atoms with Gasteiger partial charge in [0.05, 0.1) is 0 Å². The fourth-order valence-corrected chi connectivity index (χ4v) is 3.28. The first-order valence-corrected chi connectivity index (χ1v) is 7.16. The summed E-state index contributed by atoms with van der Waals surface area (Å²) in [7, 11) is 1.64. The van der Waals surface area contributed by atoms with E-state index in [1.54, 1.807) is 13.1 Å². The number of aromatic nitrogens is 3. The Morgan fingerprint density at radius 1 is 1.52 bits per heavy atom. The number of carboxylic acid groups (broad SMARTS) is 1. The normalized spacial score (nSPS) is 17.4. The highest BCUT2D eigenvalue weighted by atomic mass is 32.1. The molecule has 21 heavy (non-hydrogen) atoms. The van der Waals surface area contributed by atoms with Crippen molar-refractivity contribution in [2.75, 3.05) is 11.9 Å². The maximum Gasteiger partial charge on any atom is 0.331 e. The molecule has 2 aromatic rings. The van der Waals surface area contributed by atoms with Crippen LogP contribution in [0.5, 0.6) is 0 Å².